The van der Waals surface area contributed by atoms with Crippen molar-refractivity contribution in [2.45, 2.75) is 13.0 Å². The van der Waals surface area contributed by atoms with Gasteiger partial charge in [-0.2, -0.15) is 0 Å². The molecule has 5 heteroatoms. The van der Waals surface area contributed by atoms with E-state index in [-0.39, 0.29) is 11.9 Å². The first-order chi connectivity index (χ1) is 6.77. The summed E-state index contributed by atoms with van der Waals surface area (Å²) in [6, 6.07) is 0. The van der Waals surface area contributed by atoms with Crippen molar-refractivity contribution in [3.8, 4) is 0 Å². The lowest BCUT2D eigenvalue weighted by Crippen LogP contribution is -2.21. The normalized spacial score (nSPS) is 22.2. The molecule has 0 aromatic carbocycles. The van der Waals surface area contributed by atoms with Crippen LogP contribution in [0.15, 0.2) is 5.38 Å². The van der Waals surface area contributed by atoms with Gasteiger partial charge in [0.2, 0.25) is 0 Å². The molecule has 14 heavy (non-hydrogen) atoms. The van der Waals surface area contributed by atoms with Crippen LogP contribution >= 0.6 is 11.3 Å². The Bertz CT molecular complexity index is 331. The molecule has 4 nitrogen and oxygen atoms in total. The van der Waals surface area contributed by atoms with Gasteiger partial charge in [0, 0.05) is 12.3 Å². The van der Waals surface area contributed by atoms with Crippen molar-refractivity contribution < 1.29 is 14.3 Å². The molecule has 1 atom stereocenters. The van der Waals surface area contributed by atoms with Gasteiger partial charge in [-0.15, -0.1) is 11.3 Å². The molecule has 1 aliphatic rings. The van der Waals surface area contributed by atoms with Crippen molar-refractivity contribution in [3.05, 3.63) is 16.1 Å². The first kappa shape index (κ1) is 9.76. The molecule has 1 aromatic rings. The maximum atomic E-state index is 11.0. The summed E-state index contributed by atoms with van der Waals surface area (Å²) >= 11 is 1.45. The molecule has 2 heterocycles. The monoisotopic (exact) mass is 213 g/mol. The average molecular weight is 213 g/mol. The molecule has 0 N–H and O–H groups in total. The van der Waals surface area contributed by atoms with Crippen molar-refractivity contribution in [2.24, 2.45) is 0 Å². The van der Waals surface area contributed by atoms with Gasteiger partial charge < -0.3 is 9.47 Å². The van der Waals surface area contributed by atoms with E-state index in [1.165, 1.54) is 18.3 Å². The minimum atomic E-state index is -0.0955. The number of thiazole rings is 1. The first-order valence-corrected chi connectivity index (χ1v) is 5.31. The second-order valence-electron chi connectivity index (χ2n) is 3.06. The van der Waals surface area contributed by atoms with Crippen LogP contribution in [0.5, 0.6) is 0 Å². The number of hydrogen-bond acceptors (Lipinski definition) is 5. The molecule has 1 aromatic heterocycles. The number of aromatic nitrogens is 1. The lowest BCUT2D eigenvalue weighted by atomic mass is 10.3. The number of Topliss-reactive ketones (excluding diaryl/α,β-unsaturated/α-hetero) is 1. The Morgan fingerprint density at radius 2 is 2.50 bits per heavy atom. The van der Waals surface area contributed by atoms with E-state index in [1.807, 2.05) is 0 Å². The number of carbonyl (C=O) groups is 1. The Morgan fingerprint density at radius 1 is 1.64 bits per heavy atom. The zero-order valence-electron chi connectivity index (χ0n) is 7.86. The molecule has 0 amide bonds. The van der Waals surface area contributed by atoms with Gasteiger partial charge >= 0.3 is 0 Å². The van der Waals surface area contributed by atoms with Crippen LogP contribution in [0.1, 0.15) is 28.5 Å². The van der Waals surface area contributed by atoms with E-state index in [4.69, 9.17) is 9.47 Å². The van der Waals surface area contributed by atoms with Gasteiger partial charge in [0.25, 0.3) is 0 Å². The summed E-state index contributed by atoms with van der Waals surface area (Å²) in [4.78, 5) is 15.2. The van der Waals surface area contributed by atoms with Gasteiger partial charge in [0.15, 0.2) is 5.78 Å². The quantitative estimate of drug-likeness (QED) is 0.697. The molecule has 0 bridgehead atoms. The number of hydrogen-bond donors (Lipinski definition) is 0. The van der Waals surface area contributed by atoms with E-state index in [0.717, 1.165) is 5.01 Å². The van der Waals surface area contributed by atoms with Crippen LogP contribution in [0.2, 0.25) is 0 Å². The molecular formula is C9H11NO3S. The Hall–Kier alpha value is -0.780. The smallest absolute Gasteiger partial charge is 0.178 e. The third-order valence-electron chi connectivity index (χ3n) is 1.97. The van der Waals surface area contributed by atoms with E-state index < -0.39 is 0 Å². The van der Waals surface area contributed by atoms with Gasteiger partial charge in [-0.05, 0) is 0 Å². The highest BCUT2D eigenvalue weighted by Gasteiger charge is 2.20. The summed E-state index contributed by atoms with van der Waals surface area (Å²) in [6.45, 7) is 3.28. The van der Waals surface area contributed by atoms with Gasteiger partial charge in [0.1, 0.15) is 16.8 Å². The van der Waals surface area contributed by atoms with E-state index in [1.54, 1.807) is 5.38 Å². The second kappa shape index (κ2) is 4.16. The summed E-state index contributed by atoms with van der Waals surface area (Å²) in [6.07, 6.45) is -0.0955. The molecule has 0 aliphatic carbocycles. The van der Waals surface area contributed by atoms with Crippen LogP contribution in [0.4, 0.5) is 0 Å². The zero-order chi connectivity index (χ0) is 9.97. The SMILES string of the molecule is CC(=O)c1csc(C2COCCO2)n1. The first-order valence-electron chi connectivity index (χ1n) is 4.43. The maximum Gasteiger partial charge on any atom is 0.178 e. The van der Waals surface area contributed by atoms with E-state index in [9.17, 15) is 4.79 Å². The Balaban J connectivity index is 2.11. The van der Waals surface area contributed by atoms with Gasteiger partial charge in [0.05, 0.1) is 19.8 Å². The van der Waals surface area contributed by atoms with Crippen molar-refractivity contribution in [3.63, 3.8) is 0 Å². The Morgan fingerprint density at radius 3 is 3.07 bits per heavy atom. The molecule has 1 aliphatic heterocycles. The summed E-state index contributed by atoms with van der Waals surface area (Å²) < 4.78 is 10.7. The third-order valence-corrected chi connectivity index (χ3v) is 2.91. The topological polar surface area (TPSA) is 48.4 Å². The molecule has 1 unspecified atom stereocenters. The van der Waals surface area contributed by atoms with Crippen LogP contribution in [0, 0.1) is 0 Å². The fraction of sp³-hybridized carbons (Fsp3) is 0.556. The number of ketones is 1. The zero-order valence-corrected chi connectivity index (χ0v) is 8.67. The molecule has 1 saturated heterocycles. The summed E-state index contributed by atoms with van der Waals surface area (Å²) in [5, 5.41) is 2.59. The van der Waals surface area contributed by atoms with Crippen molar-refractivity contribution >= 4 is 17.1 Å². The summed E-state index contributed by atoms with van der Waals surface area (Å²) in [7, 11) is 0. The Labute approximate surface area is 85.9 Å². The lowest BCUT2D eigenvalue weighted by Gasteiger charge is -2.20. The standard InChI is InChI=1S/C9H11NO3S/c1-6(11)7-5-14-9(10-7)8-4-12-2-3-13-8/h5,8H,2-4H2,1H3. The van der Waals surface area contributed by atoms with E-state index in [0.29, 0.717) is 25.5 Å². The van der Waals surface area contributed by atoms with Gasteiger partial charge in [-0.3, -0.25) is 4.79 Å². The fourth-order valence-corrected chi connectivity index (χ4v) is 2.12. The van der Waals surface area contributed by atoms with E-state index in [2.05, 4.69) is 4.98 Å². The molecule has 1 fully saturated rings. The second-order valence-corrected chi connectivity index (χ2v) is 3.95. The number of ether oxygens (including phenoxy) is 2. The van der Waals surface area contributed by atoms with Crippen molar-refractivity contribution in [2.75, 3.05) is 19.8 Å². The fourth-order valence-electron chi connectivity index (χ4n) is 1.23. The largest absolute Gasteiger partial charge is 0.376 e. The predicted molar refractivity (Wildman–Crippen MR) is 51.6 cm³/mol. The summed E-state index contributed by atoms with van der Waals surface area (Å²) in [5.74, 6) is -0.00997. The van der Waals surface area contributed by atoms with Crippen LogP contribution in [-0.2, 0) is 9.47 Å². The van der Waals surface area contributed by atoms with Crippen LogP contribution in [-0.4, -0.2) is 30.6 Å². The lowest BCUT2D eigenvalue weighted by molar-refractivity contribution is -0.0902. The molecule has 2 rings (SSSR count). The average Bonchev–Trinajstić information content (AvgIpc) is 2.68. The van der Waals surface area contributed by atoms with E-state index >= 15 is 0 Å². The minimum Gasteiger partial charge on any atom is -0.376 e. The van der Waals surface area contributed by atoms with Crippen LogP contribution < -0.4 is 0 Å². The van der Waals surface area contributed by atoms with Gasteiger partial charge in [-0.1, -0.05) is 0 Å². The molecule has 0 spiro atoms. The summed E-state index contributed by atoms with van der Waals surface area (Å²) in [5.41, 5.74) is 0.513. The number of carbonyl (C=O) groups excluding carboxylic acids is 1. The maximum absolute atomic E-state index is 11.0. The van der Waals surface area contributed by atoms with Crippen LogP contribution in [0.3, 0.4) is 0 Å². The number of nitrogens with zero attached hydrogens (tertiary/aromatic N) is 1. The van der Waals surface area contributed by atoms with Crippen molar-refractivity contribution in [1.82, 2.24) is 4.98 Å². The molecule has 76 valence electrons. The molecule has 0 radical (unpaired) electrons. The predicted octanol–water partition coefficient (Wildman–Crippen LogP) is 1.43. The Kier molecular flexibility index (Phi) is 2.90. The highest BCUT2D eigenvalue weighted by molar-refractivity contribution is 7.09. The minimum absolute atomic E-state index is 0.00997. The third kappa shape index (κ3) is 2.00. The molecular weight excluding hydrogens is 202 g/mol. The van der Waals surface area contributed by atoms with Crippen LogP contribution in [0.25, 0.3) is 0 Å². The van der Waals surface area contributed by atoms with Crippen molar-refractivity contribution in [1.29, 1.82) is 0 Å². The van der Waals surface area contributed by atoms with Gasteiger partial charge in [-0.25, -0.2) is 4.98 Å². The number of rotatable bonds is 2. The molecule has 0 saturated carbocycles. The highest BCUT2D eigenvalue weighted by Crippen LogP contribution is 2.24. The highest BCUT2D eigenvalue weighted by atomic mass is 32.1.